The topological polar surface area (TPSA) is 77.4 Å². The second-order valence-corrected chi connectivity index (χ2v) is 2.95. The van der Waals surface area contributed by atoms with Gasteiger partial charge in [-0.25, -0.2) is 12.8 Å². The van der Waals surface area contributed by atoms with Crippen molar-refractivity contribution >= 4 is 10.1 Å². The molecule has 1 N–H and O–H groups in total. The molecule has 0 aromatic heterocycles. The first kappa shape index (κ1) is 13.0. The van der Waals surface area contributed by atoms with Gasteiger partial charge in [-0.05, 0) is 0 Å². The molecular formula is C3H6FLiO4S. The third kappa shape index (κ3) is 8.40. The first-order chi connectivity index (χ1) is 3.95. The molecule has 0 radical (unpaired) electrons. The molecule has 1 unspecified atom stereocenters. The molecule has 4 nitrogen and oxygen atoms in total. The zero-order valence-corrected chi connectivity index (χ0v) is 6.27. The van der Waals surface area contributed by atoms with Crippen LogP contribution in [0.25, 0.3) is 0 Å². The predicted octanol–water partition coefficient (Wildman–Crippen LogP) is -4.13. The van der Waals surface area contributed by atoms with Gasteiger partial charge in [0.2, 0.25) is 0 Å². The molecule has 0 aliphatic heterocycles. The van der Waals surface area contributed by atoms with Crippen molar-refractivity contribution in [1.29, 1.82) is 0 Å². The van der Waals surface area contributed by atoms with Crippen LogP contribution in [-0.4, -0.2) is 36.6 Å². The van der Waals surface area contributed by atoms with E-state index < -0.39 is 28.6 Å². The van der Waals surface area contributed by atoms with Gasteiger partial charge in [0, 0.05) is 0 Å². The Morgan fingerprint density at radius 3 is 2.10 bits per heavy atom. The average Bonchev–Trinajstić information content (AvgIpc) is 1.62. The van der Waals surface area contributed by atoms with Crippen molar-refractivity contribution in [3.63, 3.8) is 0 Å². The molecule has 1 atom stereocenters. The van der Waals surface area contributed by atoms with Gasteiger partial charge < -0.3 is 9.66 Å². The molecule has 0 saturated heterocycles. The van der Waals surface area contributed by atoms with E-state index in [1.807, 2.05) is 0 Å². The fourth-order valence-electron chi connectivity index (χ4n) is 0.274. The van der Waals surface area contributed by atoms with Crippen LogP contribution >= 0.6 is 0 Å². The van der Waals surface area contributed by atoms with E-state index in [0.717, 1.165) is 0 Å². The molecule has 0 spiro atoms. The first-order valence-electron chi connectivity index (χ1n) is 2.14. The van der Waals surface area contributed by atoms with E-state index in [1.54, 1.807) is 0 Å². The second-order valence-electron chi connectivity index (χ2n) is 1.50. The summed E-state index contributed by atoms with van der Waals surface area (Å²) in [5, 5.41) is 7.92. The van der Waals surface area contributed by atoms with Gasteiger partial charge in [0.05, 0.1) is 22.5 Å². The van der Waals surface area contributed by atoms with Gasteiger partial charge in [-0.3, -0.25) is 0 Å². The summed E-state index contributed by atoms with van der Waals surface area (Å²) < 4.78 is 40.9. The summed E-state index contributed by atoms with van der Waals surface area (Å²) in [5.41, 5.74) is 0. The molecule has 7 heteroatoms. The van der Waals surface area contributed by atoms with Crippen LogP contribution in [-0.2, 0) is 10.1 Å². The van der Waals surface area contributed by atoms with Gasteiger partial charge in [-0.1, -0.05) is 0 Å². The minimum Gasteiger partial charge on any atom is -0.748 e. The maximum Gasteiger partial charge on any atom is 1.00 e. The van der Waals surface area contributed by atoms with Crippen molar-refractivity contribution in [2.24, 2.45) is 0 Å². The Balaban J connectivity index is 0. The van der Waals surface area contributed by atoms with Crippen molar-refractivity contribution in [1.82, 2.24) is 0 Å². The standard InChI is InChI=1S/C3H7FO4S.Li/c4-3(1-5)2-9(6,7)8;/h3,5H,1-2H2,(H,6,7,8);/q;+1/p-1. The van der Waals surface area contributed by atoms with Gasteiger partial charge in [0.1, 0.15) is 6.17 Å². The van der Waals surface area contributed by atoms with Crippen LogP contribution in [0.5, 0.6) is 0 Å². The summed E-state index contributed by atoms with van der Waals surface area (Å²) >= 11 is 0. The summed E-state index contributed by atoms with van der Waals surface area (Å²) in [5.74, 6) is -1.15. The zero-order chi connectivity index (χ0) is 7.49. The summed E-state index contributed by atoms with van der Waals surface area (Å²) in [4.78, 5) is 0. The number of hydrogen-bond donors (Lipinski definition) is 1. The fraction of sp³-hybridized carbons (Fsp3) is 1.00. The third-order valence-electron chi connectivity index (χ3n) is 0.583. The Morgan fingerprint density at radius 1 is 1.60 bits per heavy atom. The Morgan fingerprint density at radius 2 is 2.00 bits per heavy atom. The third-order valence-corrected chi connectivity index (χ3v) is 1.35. The van der Waals surface area contributed by atoms with Crippen LogP contribution in [0.4, 0.5) is 4.39 Å². The van der Waals surface area contributed by atoms with Crippen LogP contribution in [0.15, 0.2) is 0 Å². The van der Waals surface area contributed by atoms with Gasteiger partial charge in [0.15, 0.2) is 0 Å². The maximum absolute atomic E-state index is 11.8. The molecule has 10 heavy (non-hydrogen) atoms. The van der Waals surface area contributed by atoms with Crippen LogP contribution in [0.2, 0.25) is 0 Å². The van der Waals surface area contributed by atoms with Crippen LogP contribution in [0.3, 0.4) is 0 Å². The van der Waals surface area contributed by atoms with Crippen molar-refractivity contribution in [2.45, 2.75) is 6.17 Å². The molecule has 0 bridgehead atoms. The zero-order valence-electron chi connectivity index (χ0n) is 5.45. The number of halogens is 1. The van der Waals surface area contributed by atoms with Crippen molar-refractivity contribution in [3.05, 3.63) is 0 Å². The molecule has 56 valence electrons. The molecule has 0 amide bonds. The average molecular weight is 164 g/mol. The Labute approximate surface area is 70.4 Å². The van der Waals surface area contributed by atoms with Gasteiger partial charge >= 0.3 is 18.9 Å². The number of alkyl halides is 1. The van der Waals surface area contributed by atoms with Gasteiger partial charge in [0.25, 0.3) is 0 Å². The van der Waals surface area contributed by atoms with Gasteiger partial charge in [-0.15, -0.1) is 0 Å². The van der Waals surface area contributed by atoms with E-state index in [4.69, 9.17) is 5.11 Å². The Bertz CT molecular complexity index is 167. The molecule has 0 fully saturated rings. The van der Waals surface area contributed by atoms with Crippen molar-refractivity contribution in [2.75, 3.05) is 12.4 Å². The molecule has 0 aliphatic carbocycles. The maximum atomic E-state index is 11.8. The van der Waals surface area contributed by atoms with E-state index >= 15 is 0 Å². The molecule has 0 rings (SSSR count). The van der Waals surface area contributed by atoms with E-state index in [0.29, 0.717) is 0 Å². The number of aliphatic hydroxyl groups is 1. The smallest absolute Gasteiger partial charge is 0.748 e. The van der Waals surface area contributed by atoms with Crippen LogP contribution in [0.1, 0.15) is 0 Å². The number of aliphatic hydroxyl groups excluding tert-OH is 1. The largest absolute Gasteiger partial charge is 1.00 e. The molecule has 0 aromatic carbocycles. The van der Waals surface area contributed by atoms with Crippen molar-refractivity contribution in [3.8, 4) is 0 Å². The molecular weight excluding hydrogens is 158 g/mol. The minimum atomic E-state index is -4.52. The summed E-state index contributed by atoms with van der Waals surface area (Å²) in [6, 6.07) is 0. The predicted molar refractivity (Wildman–Crippen MR) is 26.5 cm³/mol. The van der Waals surface area contributed by atoms with Crippen LogP contribution < -0.4 is 18.9 Å². The van der Waals surface area contributed by atoms with E-state index in [1.165, 1.54) is 0 Å². The molecule has 0 heterocycles. The fourth-order valence-corrected chi connectivity index (χ4v) is 0.823. The second kappa shape index (κ2) is 5.10. The summed E-state index contributed by atoms with van der Waals surface area (Å²) in [6.07, 6.45) is -1.95. The minimum absolute atomic E-state index is 0. The Kier molecular flexibility index (Phi) is 6.64. The quantitative estimate of drug-likeness (QED) is 0.339. The molecule has 0 aromatic rings. The number of hydrogen-bond acceptors (Lipinski definition) is 4. The van der Waals surface area contributed by atoms with Crippen LogP contribution in [0, 0.1) is 0 Å². The number of rotatable bonds is 3. The first-order valence-corrected chi connectivity index (χ1v) is 3.72. The van der Waals surface area contributed by atoms with Crippen molar-refractivity contribution < 1.29 is 41.3 Å². The van der Waals surface area contributed by atoms with Gasteiger partial charge in [-0.2, -0.15) is 0 Å². The molecule has 0 saturated carbocycles. The normalized spacial score (nSPS) is 13.9. The summed E-state index contributed by atoms with van der Waals surface area (Å²) in [7, 11) is -4.52. The molecule has 0 aliphatic rings. The SMILES string of the molecule is O=S(=O)([O-])CC(F)CO.[Li+]. The van der Waals surface area contributed by atoms with E-state index in [2.05, 4.69) is 0 Å². The monoisotopic (exact) mass is 164 g/mol. The van der Waals surface area contributed by atoms with E-state index in [-0.39, 0.29) is 18.9 Å². The summed E-state index contributed by atoms with van der Waals surface area (Å²) in [6.45, 7) is -0.929. The van der Waals surface area contributed by atoms with E-state index in [9.17, 15) is 17.4 Å². The Hall–Kier alpha value is 0.397.